The molecule has 122 valence electrons. The molecule has 6 heteroatoms. The van der Waals surface area contributed by atoms with Crippen molar-refractivity contribution in [1.29, 1.82) is 0 Å². The van der Waals surface area contributed by atoms with Gasteiger partial charge in [0.05, 0.1) is 24.3 Å². The molecule has 0 heterocycles. The van der Waals surface area contributed by atoms with Gasteiger partial charge in [0.1, 0.15) is 0 Å². The smallest absolute Gasteiger partial charge is 0.335 e. The van der Waals surface area contributed by atoms with E-state index in [2.05, 4.69) is 5.32 Å². The van der Waals surface area contributed by atoms with Crippen molar-refractivity contribution in [2.45, 2.75) is 13.5 Å². The van der Waals surface area contributed by atoms with Crippen molar-refractivity contribution >= 4 is 23.3 Å². The maximum absolute atomic E-state index is 10.8. The summed E-state index contributed by atoms with van der Waals surface area (Å²) in [6, 6.07) is 10.2. The van der Waals surface area contributed by atoms with Crippen LogP contribution in [0.3, 0.4) is 0 Å². The second-order valence-electron chi connectivity index (χ2n) is 4.78. The molecule has 0 bridgehead atoms. The summed E-state index contributed by atoms with van der Waals surface area (Å²) < 4.78 is 10.8. The van der Waals surface area contributed by atoms with Gasteiger partial charge in [0.15, 0.2) is 11.5 Å². The van der Waals surface area contributed by atoms with Crippen molar-refractivity contribution in [3.05, 3.63) is 52.5 Å². The second kappa shape index (κ2) is 7.74. The molecule has 0 radical (unpaired) electrons. The number of benzene rings is 2. The van der Waals surface area contributed by atoms with E-state index in [9.17, 15) is 4.79 Å². The lowest BCUT2D eigenvalue weighted by Gasteiger charge is -2.14. The quantitative estimate of drug-likeness (QED) is 0.798. The van der Waals surface area contributed by atoms with Crippen LogP contribution in [0.4, 0.5) is 5.69 Å². The normalized spacial score (nSPS) is 10.2. The standard InChI is InChI=1S/C17H18ClNO4/c1-3-23-15-9-11(8-14(18)16(15)22-2)10-19-13-6-4-12(5-7-13)17(20)21/h4-9,19H,3,10H2,1-2H3,(H,20,21). The average molecular weight is 336 g/mol. The highest BCUT2D eigenvalue weighted by Gasteiger charge is 2.11. The Kier molecular flexibility index (Phi) is 5.71. The highest BCUT2D eigenvalue weighted by molar-refractivity contribution is 6.32. The van der Waals surface area contributed by atoms with E-state index in [1.807, 2.05) is 19.1 Å². The Hall–Kier alpha value is -2.40. The first kappa shape index (κ1) is 17.0. The van der Waals surface area contributed by atoms with E-state index in [1.54, 1.807) is 31.4 Å². The predicted molar refractivity (Wildman–Crippen MR) is 89.9 cm³/mol. The third kappa shape index (κ3) is 4.29. The zero-order valence-electron chi connectivity index (χ0n) is 12.9. The van der Waals surface area contributed by atoms with Crippen molar-refractivity contribution in [3.8, 4) is 11.5 Å². The van der Waals surface area contributed by atoms with E-state index in [4.69, 9.17) is 26.2 Å². The number of carboxylic acid groups (broad SMARTS) is 1. The van der Waals surface area contributed by atoms with Crippen molar-refractivity contribution < 1.29 is 19.4 Å². The zero-order chi connectivity index (χ0) is 16.8. The van der Waals surface area contributed by atoms with Crippen LogP contribution in [0.2, 0.25) is 5.02 Å². The summed E-state index contributed by atoms with van der Waals surface area (Å²) in [5.74, 6) is 0.170. The summed E-state index contributed by atoms with van der Waals surface area (Å²) in [6.07, 6.45) is 0. The number of methoxy groups -OCH3 is 1. The molecule has 0 unspecified atom stereocenters. The molecular weight excluding hydrogens is 318 g/mol. The van der Waals surface area contributed by atoms with Crippen LogP contribution in [-0.4, -0.2) is 24.8 Å². The van der Waals surface area contributed by atoms with Crippen molar-refractivity contribution in [3.63, 3.8) is 0 Å². The van der Waals surface area contributed by atoms with Crippen molar-refractivity contribution in [2.75, 3.05) is 19.0 Å². The molecular formula is C17H18ClNO4. The van der Waals surface area contributed by atoms with Crippen LogP contribution in [-0.2, 0) is 6.54 Å². The molecule has 2 aromatic rings. The fourth-order valence-corrected chi connectivity index (χ4v) is 2.43. The molecule has 2 aromatic carbocycles. The fourth-order valence-electron chi connectivity index (χ4n) is 2.12. The molecule has 23 heavy (non-hydrogen) atoms. The molecule has 0 aliphatic carbocycles. The van der Waals surface area contributed by atoms with Crippen LogP contribution in [0.5, 0.6) is 11.5 Å². The first-order valence-electron chi connectivity index (χ1n) is 7.11. The first-order valence-corrected chi connectivity index (χ1v) is 7.49. The Morgan fingerprint density at radius 3 is 2.52 bits per heavy atom. The molecule has 0 saturated heterocycles. The van der Waals surface area contributed by atoms with Crippen LogP contribution < -0.4 is 14.8 Å². The van der Waals surface area contributed by atoms with Gasteiger partial charge in [0.2, 0.25) is 0 Å². The van der Waals surface area contributed by atoms with E-state index >= 15 is 0 Å². The topological polar surface area (TPSA) is 67.8 Å². The number of carboxylic acids is 1. The minimum absolute atomic E-state index is 0.252. The number of halogens is 1. The number of hydrogen-bond acceptors (Lipinski definition) is 4. The average Bonchev–Trinajstić information content (AvgIpc) is 2.53. The summed E-state index contributed by atoms with van der Waals surface area (Å²) in [5.41, 5.74) is 2.00. The molecule has 2 rings (SSSR count). The van der Waals surface area contributed by atoms with Gasteiger partial charge in [-0.2, -0.15) is 0 Å². The molecule has 5 nitrogen and oxygen atoms in total. The van der Waals surface area contributed by atoms with Gasteiger partial charge in [-0.1, -0.05) is 11.6 Å². The Morgan fingerprint density at radius 1 is 1.26 bits per heavy atom. The second-order valence-corrected chi connectivity index (χ2v) is 5.19. The van der Waals surface area contributed by atoms with Crippen molar-refractivity contribution in [1.82, 2.24) is 0 Å². The van der Waals surface area contributed by atoms with Gasteiger partial charge in [-0.05, 0) is 48.9 Å². The summed E-state index contributed by atoms with van der Waals surface area (Å²) in [5, 5.41) is 12.6. The molecule has 0 spiro atoms. The molecule has 2 N–H and O–H groups in total. The summed E-state index contributed by atoms with van der Waals surface area (Å²) in [4.78, 5) is 10.8. The van der Waals surface area contributed by atoms with Crippen LogP contribution in [0.15, 0.2) is 36.4 Å². The Labute approximate surface area is 139 Å². The van der Waals surface area contributed by atoms with Crippen LogP contribution in [0.25, 0.3) is 0 Å². The first-order chi connectivity index (χ1) is 11.0. The molecule has 0 aliphatic rings. The van der Waals surface area contributed by atoms with Gasteiger partial charge in [-0.25, -0.2) is 4.79 Å². The number of ether oxygens (including phenoxy) is 2. The van der Waals surface area contributed by atoms with Gasteiger partial charge in [0.25, 0.3) is 0 Å². The summed E-state index contributed by atoms with van der Waals surface area (Å²) in [7, 11) is 1.55. The Bertz CT molecular complexity index is 686. The molecule has 0 saturated carbocycles. The van der Waals surface area contributed by atoms with Gasteiger partial charge in [-0.15, -0.1) is 0 Å². The highest BCUT2D eigenvalue weighted by Crippen LogP contribution is 2.36. The van der Waals surface area contributed by atoms with E-state index in [1.165, 1.54) is 0 Å². The summed E-state index contributed by atoms with van der Waals surface area (Å²) in [6.45, 7) is 2.93. The molecule has 0 fully saturated rings. The lowest BCUT2D eigenvalue weighted by atomic mass is 10.1. The van der Waals surface area contributed by atoms with Gasteiger partial charge < -0.3 is 19.9 Å². The maximum atomic E-state index is 10.8. The van der Waals surface area contributed by atoms with Gasteiger partial charge in [-0.3, -0.25) is 0 Å². The van der Waals surface area contributed by atoms with E-state index in [-0.39, 0.29) is 5.56 Å². The number of anilines is 1. The largest absolute Gasteiger partial charge is 0.491 e. The predicted octanol–water partition coefficient (Wildman–Crippen LogP) is 4.06. The lowest BCUT2D eigenvalue weighted by molar-refractivity contribution is 0.0697. The molecule has 0 aromatic heterocycles. The number of nitrogens with one attached hydrogen (secondary N) is 1. The number of carbonyl (C=O) groups is 1. The number of rotatable bonds is 7. The minimum atomic E-state index is -0.945. The fraction of sp³-hybridized carbons (Fsp3) is 0.235. The number of aromatic carboxylic acids is 1. The Balaban J connectivity index is 2.12. The van der Waals surface area contributed by atoms with Crippen LogP contribution >= 0.6 is 11.6 Å². The number of hydrogen-bond donors (Lipinski definition) is 2. The minimum Gasteiger partial charge on any atom is -0.491 e. The van der Waals surface area contributed by atoms with Gasteiger partial charge >= 0.3 is 5.97 Å². The maximum Gasteiger partial charge on any atom is 0.335 e. The molecule has 0 aliphatic heterocycles. The monoisotopic (exact) mass is 335 g/mol. The van der Waals surface area contributed by atoms with Crippen LogP contribution in [0.1, 0.15) is 22.8 Å². The lowest BCUT2D eigenvalue weighted by Crippen LogP contribution is -2.03. The third-order valence-electron chi connectivity index (χ3n) is 3.20. The summed E-state index contributed by atoms with van der Waals surface area (Å²) >= 11 is 6.21. The van der Waals surface area contributed by atoms with Crippen LogP contribution in [0, 0.1) is 0 Å². The molecule has 0 atom stereocenters. The zero-order valence-corrected chi connectivity index (χ0v) is 13.7. The van der Waals surface area contributed by atoms with Gasteiger partial charge in [0, 0.05) is 12.2 Å². The third-order valence-corrected chi connectivity index (χ3v) is 3.48. The van der Waals surface area contributed by atoms with E-state index in [0.717, 1.165) is 11.3 Å². The molecule has 0 amide bonds. The Morgan fingerprint density at radius 2 is 1.96 bits per heavy atom. The van der Waals surface area contributed by atoms with Crippen molar-refractivity contribution in [2.24, 2.45) is 0 Å². The van der Waals surface area contributed by atoms with E-state index in [0.29, 0.717) is 29.7 Å². The highest BCUT2D eigenvalue weighted by atomic mass is 35.5. The van der Waals surface area contributed by atoms with E-state index < -0.39 is 5.97 Å². The SMILES string of the molecule is CCOc1cc(CNc2ccc(C(=O)O)cc2)cc(Cl)c1OC.